The highest BCUT2D eigenvalue weighted by atomic mass is 32.2. The fraction of sp³-hybridized carbons (Fsp3) is 0.409. The SMILES string of the molecule is CS(=O)(=O)N(CC(=O)NCCSC1CCCC1)c1ccc(Oc2ccccc2)cc1. The molecule has 0 atom stereocenters. The molecule has 1 saturated carbocycles. The zero-order valence-corrected chi connectivity index (χ0v) is 18.8. The van der Waals surface area contributed by atoms with E-state index >= 15 is 0 Å². The third-order valence-electron chi connectivity index (χ3n) is 4.87. The van der Waals surface area contributed by atoms with Gasteiger partial charge in [0.25, 0.3) is 0 Å². The first-order valence-corrected chi connectivity index (χ1v) is 13.0. The maximum Gasteiger partial charge on any atom is 0.240 e. The molecule has 1 amide bonds. The van der Waals surface area contributed by atoms with Crippen molar-refractivity contribution in [3.63, 3.8) is 0 Å². The largest absolute Gasteiger partial charge is 0.457 e. The van der Waals surface area contributed by atoms with Gasteiger partial charge in [-0.15, -0.1) is 0 Å². The standard InChI is InChI=1S/C22H28N2O4S2/c1-30(26,27)24(17-22(25)23-15-16-29-21-9-5-6-10-21)18-11-13-20(14-12-18)28-19-7-3-2-4-8-19/h2-4,7-8,11-14,21H,5-6,9-10,15-17H2,1H3,(H,23,25). The van der Waals surface area contributed by atoms with Gasteiger partial charge in [0.1, 0.15) is 18.0 Å². The fourth-order valence-corrected chi connectivity index (χ4v) is 5.44. The van der Waals surface area contributed by atoms with E-state index in [9.17, 15) is 13.2 Å². The molecule has 1 fully saturated rings. The van der Waals surface area contributed by atoms with Crippen molar-refractivity contribution in [3.05, 3.63) is 54.6 Å². The van der Waals surface area contributed by atoms with Crippen molar-refractivity contribution in [1.29, 1.82) is 0 Å². The predicted octanol–water partition coefficient (Wildman–Crippen LogP) is 4.04. The Bertz CT molecular complexity index is 912. The second-order valence-electron chi connectivity index (χ2n) is 7.31. The van der Waals surface area contributed by atoms with E-state index < -0.39 is 10.0 Å². The van der Waals surface area contributed by atoms with Crippen molar-refractivity contribution in [2.75, 3.05) is 29.4 Å². The number of carbonyl (C=O) groups is 1. The van der Waals surface area contributed by atoms with Crippen LogP contribution < -0.4 is 14.4 Å². The molecule has 1 aliphatic carbocycles. The van der Waals surface area contributed by atoms with Crippen LogP contribution in [0.15, 0.2) is 54.6 Å². The Hall–Kier alpha value is -2.19. The number of hydrogen-bond acceptors (Lipinski definition) is 5. The van der Waals surface area contributed by atoms with Crippen molar-refractivity contribution in [2.45, 2.75) is 30.9 Å². The van der Waals surface area contributed by atoms with Gasteiger partial charge < -0.3 is 10.1 Å². The summed E-state index contributed by atoms with van der Waals surface area (Å²) in [4.78, 5) is 12.3. The monoisotopic (exact) mass is 448 g/mol. The number of carbonyl (C=O) groups excluding carboxylic acids is 1. The number of nitrogens with zero attached hydrogens (tertiary/aromatic N) is 1. The Kier molecular flexibility index (Phi) is 8.04. The first kappa shape index (κ1) is 22.5. The lowest BCUT2D eigenvalue weighted by atomic mass is 10.3. The Labute approximate surface area is 183 Å². The molecule has 8 heteroatoms. The maximum atomic E-state index is 12.3. The molecule has 0 saturated heterocycles. The third kappa shape index (κ3) is 6.95. The Morgan fingerprint density at radius 3 is 2.33 bits per heavy atom. The topological polar surface area (TPSA) is 75.7 Å². The van der Waals surface area contributed by atoms with Gasteiger partial charge >= 0.3 is 0 Å². The summed E-state index contributed by atoms with van der Waals surface area (Å²) in [7, 11) is -3.60. The summed E-state index contributed by atoms with van der Waals surface area (Å²) >= 11 is 1.89. The van der Waals surface area contributed by atoms with E-state index in [1.807, 2.05) is 42.1 Å². The molecule has 0 aliphatic heterocycles. The average molecular weight is 449 g/mol. The van der Waals surface area contributed by atoms with Crippen molar-refractivity contribution in [3.8, 4) is 11.5 Å². The summed E-state index contributed by atoms with van der Waals surface area (Å²) in [6.45, 7) is 0.299. The fourth-order valence-electron chi connectivity index (χ4n) is 3.36. The van der Waals surface area contributed by atoms with E-state index in [0.717, 1.165) is 16.3 Å². The van der Waals surface area contributed by atoms with Crippen molar-refractivity contribution in [1.82, 2.24) is 5.32 Å². The van der Waals surface area contributed by atoms with Crippen molar-refractivity contribution < 1.29 is 17.9 Å². The van der Waals surface area contributed by atoms with Crippen LogP contribution in [-0.4, -0.2) is 44.7 Å². The van der Waals surface area contributed by atoms with Gasteiger partial charge in [-0.3, -0.25) is 9.10 Å². The van der Waals surface area contributed by atoms with Crippen LogP contribution in [0.5, 0.6) is 11.5 Å². The average Bonchev–Trinajstić information content (AvgIpc) is 3.24. The van der Waals surface area contributed by atoms with E-state index in [0.29, 0.717) is 29.0 Å². The van der Waals surface area contributed by atoms with E-state index in [1.165, 1.54) is 25.7 Å². The molecule has 1 aliphatic rings. The predicted molar refractivity (Wildman–Crippen MR) is 123 cm³/mol. The minimum absolute atomic E-state index is 0.244. The zero-order valence-electron chi connectivity index (χ0n) is 17.1. The number of anilines is 1. The number of rotatable bonds is 10. The summed E-state index contributed by atoms with van der Waals surface area (Å²) in [6, 6.07) is 16.0. The number of sulfonamides is 1. The van der Waals surface area contributed by atoms with Crippen LogP contribution in [0.25, 0.3) is 0 Å². The quantitative estimate of drug-likeness (QED) is 0.555. The van der Waals surface area contributed by atoms with Gasteiger partial charge in [0.05, 0.1) is 11.9 Å². The van der Waals surface area contributed by atoms with E-state index in [4.69, 9.17) is 4.74 Å². The molecular weight excluding hydrogens is 420 g/mol. The first-order chi connectivity index (χ1) is 14.4. The van der Waals surface area contributed by atoms with Crippen LogP contribution in [0.1, 0.15) is 25.7 Å². The second-order valence-corrected chi connectivity index (χ2v) is 10.6. The van der Waals surface area contributed by atoms with Crippen LogP contribution in [0.2, 0.25) is 0 Å². The van der Waals surface area contributed by atoms with Crippen LogP contribution in [0, 0.1) is 0 Å². The van der Waals surface area contributed by atoms with Gasteiger partial charge in [-0.1, -0.05) is 31.0 Å². The smallest absolute Gasteiger partial charge is 0.240 e. The van der Waals surface area contributed by atoms with E-state index in [-0.39, 0.29) is 12.5 Å². The molecule has 0 aromatic heterocycles. The minimum atomic E-state index is -3.60. The molecule has 0 radical (unpaired) electrons. The van der Waals surface area contributed by atoms with Gasteiger partial charge in [-0.05, 0) is 49.2 Å². The molecule has 3 rings (SSSR count). The second kappa shape index (κ2) is 10.7. The summed E-state index contributed by atoms with van der Waals surface area (Å²) < 4.78 is 31.4. The molecular formula is C22H28N2O4S2. The Morgan fingerprint density at radius 1 is 1.07 bits per heavy atom. The number of thioether (sulfide) groups is 1. The lowest BCUT2D eigenvalue weighted by Crippen LogP contribution is -2.41. The zero-order chi connectivity index (χ0) is 21.4. The number of hydrogen-bond donors (Lipinski definition) is 1. The lowest BCUT2D eigenvalue weighted by molar-refractivity contribution is -0.119. The minimum Gasteiger partial charge on any atom is -0.457 e. The number of ether oxygens (including phenoxy) is 1. The van der Waals surface area contributed by atoms with Gasteiger partial charge in [0.2, 0.25) is 15.9 Å². The molecule has 2 aromatic rings. The van der Waals surface area contributed by atoms with Crippen LogP contribution in [-0.2, 0) is 14.8 Å². The number of benzene rings is 2. The van der Waals surface area contributed by atoms with Gasteiger partial charge in [0, 0.05) is 17.5 Å². The van der Waals surface area contributed by atoms with Gasteiger partial charge in [-0.25, -0.2) is 8.42 Å². The van der Waals surface area contributed by atoms with E-state index in [1.54, 1.807) is 24.3 Å². The molecule has 1 N–H and O–H groups in total. The summed E-state index contributed by atoms with van der Waals surface area (Å²) in [5, 5.41) is 3.53. The van der Waals surface area contributed by atoms with Gasteiger partial charge in [0.15, 0.2) is 0 Å². The molecule has 0 heterocycles. The first-order valence-electron chi connectivity index (χ1n) is 10.1. The lowest BCUT2D eigenvalue weighted by Gasteiger charge is -2.22. The van der Waals surface area contributed by atoms with Gasteiger partial charge in [-0.2, -0.15) is 11.8 Å². The van der Waals surface area contributed by atoms with E-state index in [2.05, 4.69) is 5.32 Å². The summed E-state index contributed by atoms with van der Waals surface area (Å²) in [5.41, 5.74) is 0.424. The van der Waals surface area contributed by atoms with Crippen molar-refractivity contribution >= 4 is 33.4 Å². The number of para-hydroxylation sites is 1. The Balaban J connectivity index is 1.55. The highest BCUT2D eigenvalue weighted by Gasteiger charge is 2.21. The van der Waals surface area contributed by atoms with Crippen molar-refractivity contribution in [2.24, 2.45) is 0 Å². The molecule has 6 nitrogen and oxygen atoms in total. The Morgan fingerprint density at radius 2 is 1.70 bits per heavy atom. The highest BCUT2D eigenvalue weighted by Crippen LogP contribution is 2.29. The molecule has 0 spiro atoms. The number of amides is 1. The maximum absolute atomic E-state index is 12.3. The molecule has 2 aromatic carbocycles. The third-order valence-corrected chi connectivity index (χ3v) is 7.39. The molecule has 0 bridgehead atoms. The molecule has 30 heavy (non-hydrogen) atoms. The van der Waals surface area contributed by atoms with Crippen LogP contribution >= 0.6 is 11.8 Å². The normalized spacial score (nSPS) is 14.4. The molecule has 162 valence electrons. The summed E-state index contributed by atoms with van der Waals surface area (Å²) in [5.74, 6) is 1.82. The summed E-state index contributed by atoms with van der Waals surface area (Å²) in [6.07, 6.45) is 6.20. The number of nitrogens with one attached hydrogen (secondary N) is 1. The molecule has 0 unspecified atom stereocenters. The highest BCUT2D eigenvalue weighted by molar-refractivity contribution is 7.99. The van der Waals surface area contributed by atoms with Crippen LogP contribution in [0.3, 0.4) is 0 Å². The van der Waals surface area contributed by atoms with Crippen LogP contribution in [0.4, 0.5) is 5.69 Å².